The molecule has 0 atom stereocenters. The minimum absolute atomic E-state index is 0.0186. The van der Waals surface area contributed by atoms with Gasteiger partial charge in [0.15, 0.2) is 11.5 Å². The maximum atomic E-state index is 12.3. The highest BCUT2D eigenvalue weighted by Gasteiger charge is 2.16. The molecule has 0 saturated heterocycles. The van der Waals surface area contributed by atoms with E-state index in [4.69, 9.17) is 14.2 Å². The van der Waals surface area contributed by atoms with Crippen LogP contribution in [0.25, 0.3) is 0 Å². The van der Waals surface area contributed by atoms with Gasteiger partial charge in [-0.25, -0.2) is 5.43 Å². The highest BCUT2D eigenvalue weighted by molar-refractivity contribution is 5.96. The van der Waals surface area contributed by atoms with Gasteiger partial charge in [-0.2, -0.15) is 5.10 Å². The van der Waals surface area contributed by atoms with Crippen molar-refractivity contribution in [1.29, 1.82) is 0 Å². The number of carbonyl (C=O) groups is 1. The number of hydrogen-bond acceptors (Lipinski definition) is 7. The summed E-state index contributed by atoms with van der Waals surface area (Å²) in [6.07, 6.45) is 1.32. The Morgan fingerprint density at radius 2 is 1.74 bits per heavy atom. The van der Waals surface area contributed by atoms with Crippen molar-refractivity contribution >= 4 is 17.8 Å². The molecule has 9 heteroatoms. The highest BCUT2D eigenvalue weighted by atomic mass is 16.6. The first kappa shape index (κ1) is 19.7. The van der Waals surface area contributed by atoms with Crippen LogP contribution in [0.15, 0.2) is 35.4 Å². The molecule has 0 fully saturated rings. The molecule has 2 aromatic carbocycles. The molecule has 0 aromatic heterocycles. The Morgan fingerprint density at radius 3 is 2.26 bits per heavy atom. The van der Waals surface area contributed by atoms with Gasteiger partial charge < -0.3 is 14.2 Å². The van der Waals surface area contributed by atoms with Gasteiger partial charge in [-0.05, 0) is 19.1 Å². The van der Waals surface area contributed by atoms with Crippen LogP contribution < -0.4 is 19.6 Å². The lowest BCUT2D eigenvalue weighted by atomic mass is 10.1. The van der Waals surface area contributed by atoms with Crippen LogP contribution in [0.1, 0.15) is 21.5 Å². The van der Waals surface area contributed by atoms with Crippen molar-refractivity contribution in [3.8, 4) is 17.2 Å². The van der Waals surface area contributed by atoms with E-state index in [0.717, 1.165) is 0 Å². The number of rotatable bonds is 7. The number of nitrogens with one attached hydrogen (secondary N) is 1. The summed E-state index contributed by atoms with van der Waals surface area (Å²) in [6, 6.07) is 7.63. The van der Waals surface area contributed by atoms with Gasteiger partial charge in [0.25, 0.3) is 11.6 Å². The van der Waals surface area contributed by atoms with Crippen LogP contribution in [-0.4, -0.2) is 38.4 Å². The zero-order chi connectivity index (χ0) is 20.0. The minimum atomic E-state index is -0.507. The average molecular weight is 373 g/mol. The number of nitrogens with zero attached hydrogens (tertiary/aromatic N) is 2. The standard InChI is InChI=1S/C18H19N3O6/c1-11-5-6-12(7-14(11)21(23)24)10-19-20-18(22)13-8-15(25-2)17(27-4)16(9-13)26-3/h5-10H,1-4H3,(H,20,22)/b19-10-. The van der Waals surface area contributed by atoms with Gasteiger partial charge in [-0.1, -0.05) is 12.1 Å². The molecule has 1 amide bonds. The molecule has 0 heterocycles. The number of carbonyl (C=O) groups excluding carboxylic acids is 1. The van der Waals surface area contributed by atoms with E-state index in [1.165, 1.54) is 45.7 Å². The summed E-state index contributed by atoms with van der Waals surface area (Å²) < 4.78 is 15.6. The third-order valence-corrected chi connectivity index (χ3v) is 3.74. The van der Waals surface area contributed by atoms with Gasteiger partial charge in [0, 0.05) is 22.8 Å². The van der Waals surface area contributed by atoms with Crippen LogP contribution in [0.5, 0.6) is 17.2 Å². The van der Waals surface area contributed by atoms with E-state index in [0.29, 0.717) is 28.4 Å². The molecule has 0 spiro atoms. The maximum absolute atomic E-state index is 12.3. The van der Waals surface area contributed by atoms with Crippen LogP contribution in [0, 0.1) is 17.0 Å². The third-order valence-electron chi connectivity index (χ3n) is 3.74. The summed E-state index contributed by atoms with van der Waals surface area (Å²) in [5.74, 6) is 0.527. The summed E-state index contributed by atoms with van der Waals surface area (Å²) in [7, 11) is 4.36. The van der Waals surface area contributed by atoms with E-state index < -0.39 is 10.8 Å². The Labute approximate surface area is 155 Å². The number of nitro benzene ring substituents is 1. The van der Waals surface area contributed by atoms with Crippen molar-refractivity contribution in [2.45, 2.75) is 6.92 Å². The molecule has 2 rings (SSSR count). The predicted molar refractivity (Wildman–Crippen MR) is 99.0 cm³/mol. The van der Waals surface area contributed by atoms with Crippen molar-refractivity contribution in [3.63, 3.8) is 0 Å². The molecule has 2 aromatic rings. The first-order valence-electron chi connectivity index (χ1n) is 7.79. The second-order valence-corrected chi connectivity index (χ2v) is 5.42. The molecule has 0 aliphatic heterocycles. The second-order valence-electron chi connectivity index (χ2n) is 5.42. The summed E-state index contributed by atoms with van der Waals surface area (Å²) in [4.78, 5) is 22.8. The number of methoxy groups -OCH3 is 3. The van der Waals surface area contributed by atoms with Crippen LogP contribution in [0.4, 0.5) is 5.69 Å². The Bertz CT molecular complexity index is 870. The quantitative estimate of drug-likeness (QED) is 0.454. The van der Waals surface area contributed by atoms with Gasteiger partial charge >= 0.3 is 0 Å². The number of amides is 1. The van der Waals surface area contributed by atoms with E-state index in [-0.39, 0.29) is 11.3 Å². The lowest BCUT2D eigenvalue weighted by Crippen LogP contribution is -2.18. The monoisotopic (exact) mass is 373 g/mol. The Kier molecular flexibility index (Phi) is 6.32. The molecule has 0 aliphatic carbocycles. The largest absolute Gasteiger partial charge is 0.493 e. The van der Waals surface area contributed by atoms with Crippen molar-refractivity contribution in [2.75, 3.05) is 21.3 Å². The fourth-order valence-corrected chi connectivity index (χ4v) is 2.35. The topological polar surface area (TPSA) is 112 Å². The van der Waals surface area contributed by atoms with Gasteiger partial charge in [0.1, 0.15) is 0 Å². The molecule has 0 unspecified atom stereocenters. The number of nitro groups is 1. The average Bonchev–Trinajstić information content (AvgIpc) is 2.67. The number of ether oxygens (including phenoxy) is 3. The normalized spacial score (nSPS) is 10.5. The molecular formula is C18H19N3O6. The van der Waals surface area contributed by atoms with E-state index in [9.17, 15) is 14.9 Å². The fraction of sp³-hybridized carbons (Fsp3) is 0.222. The fourth-order valence-electron chi connectivity index (χ4n) is 2.35. The van der Waals surface area contributed by atoms with Crippen molar-refractivity contribution in [1.82, 2.24) is 5.43 Å². The lowest BCUT2D eigenvalue weighted by molar-refractivity contribution is -0.385. The smallest absolute Gasteiger partial charge is 0.272 e. The SMILES string of the molecule is COc1cc(C(=O)N/N=C\c2ccc(C)c([N+](=O)[O-])c2)cc(OC)c1OC. The predicted octanol–water partition coefficient (Wildman–Crippen LogP) is 2.69. The van der Waals surface area contributed by atoms with Crippen LogP contribution in [-0.2, 0) is 0 Å². The van der Waals surface area contributed by atoms with E-state index in [1.807, 2.05) is 0 Å². The van der Waals surface area contributed by atoms with Crippen LogP contribution in [0.2, 0.25) is 0 Å². The minimum Gasteiger partial charge on any atom is -0.493 e. The molecule has 142 valence electrons. The van der Waals surface area contributed by atoms with E-state index >= 15 is 0 Å². The molecular weight excluding hydrogens is 354 g/mol. The molecule has 9 nitrogen and oxygen atoms in total. The summed E-state index contributed by atoms with van der Waals surface area (Å²) in [6.45, 7) is 1.64. The second kappa shape index (κ2) is 8.65. The molecule has 0 radical (unpaired) electrons. The van der Waals surface area contributed by atoms with E-state index in [1.54, 1.807) is 19.1 Å². The summed E-state index contributed by atoms with van der Waals surface area (Å²) in [5, 5.41) is 14.8. The summed E-state index contributed by atoms with van der Waals surface area (Å²) in [5.41, 5.74) is 3.61. The van der Waals surface area contributed by atoms with Gasteiger partial charge in [-0.15, -0.1) is 0 Å². The van der Waals surface area contributed by atoms with Gasteiger partial charge in [-0.3, -0.25) is 14.9 Å². The Balaban J connectivity index is 2.19. The lowest BCUT2D eigenvalue weighted by Gasteiger charge is -2.13. The van der Waals surface area contributed by atoms with Crippen molar-refractivity contribution in [3.05, 3.63) is 57.1 Å². The number of hydrogen-bond donors (Lipinski definition) is 1. The first-order chi connectivity index (χ1) is 12.9. The molecule has 0 bridgehead atoms. The van der Waals surface area contributed by atoms with Crippen LogP contribution in [0.3, 0.4) is 0 Å². The Hall–Kier alpha value is -3.62. The molecule has 27 heavy (non-hydrogen) atoms. The molecule has 0 saturated carbocycles. The van der Waals surface area contributed by atoms with E-state index in [2.05, 4.69) is 10.5 Å². The van der Waals surface area contributed by atoms with Crippen LogP contribution >= 0.6 is 0 Å². The highest BCUT2D eigenvalue weighted by Crippen LogP contribution is 2.38. The first-order valence-corrected chi connectivity index (χ1v) is 7.79. The number of hydrazone groups is 1. The number of aryl methyl sites for hydroxylation is 1. The Morgan fingerprint density at radius 1 is 1.11 bits per heavy atom. The van der Waals surface area contributed by atoms with Gasteiger partial charge in [0.2, 0.25) is 5.75 Å². The number of benzene rings is 2. The zero-order valence-electron chi connectivity index (χ0n) is 15.3. The molecule has 0 aliphatic rings. The zero-order valence-corrected chi connectivity index (χ0v) is 15.3. The molecule has 1 N–H and O–H groups in total. The van der Waals surface area contributed by atoms with Crippen molar-refractivity contribution in [2.24, 2.45) is 5.10 Å². The maximum Gasteiger partial charge on any atom is 0.272 e. The van der Waals surface area contributed by atoms with Gasteiger partial charge in [0.05, 0.1) is 32.5 Å². The third kappa shape index (κ3) is 4.51. The van der Waals surface area contributed by atoms with Crippen molar-refractivity contribution < 1.29 is 23.9 Å². The summed E-state index contributed by atoms with van der Waals surface area (Å²) >= 11 is 0.